The van der Waals surface area contributed by atoms with Crippen molar-refractivity contribution in [2.24, 2.45) is 5.73 Å². The van der Waals surface area contributed by atoms with Gasteiger partial charge in [-0.3, -0.25) is 4.79 Å². The van der Waals surface area contributed by atoms with E-state index in [9.17, 15) is 26.4 Å². The van der Waals surface area contributed by atoms with Crippen LogP contribution in [0.5, 0.6) is 0 Å². The van der Waals surface area contributed by atoms with E-state index >= 15 is 13.2 Å². The Morgan fingerprint density at radius 3 is 2.13 bits per heavy atom. The van der Waals surface area contributed by atoms with E-state index in [2.05, 4.69) is 10.2 Å². The predicted molar refractivity (Wildman–Crippen MR) is 152 cm³/mol. The van der Waals surface area contributed by atoms with Crippen LogP contribution >= 0.6 is 0 Å². The van der Waals surface area contributed by atoms with Gasteiger partial charge in [-0.1, -0.05) is 36.4 Å². The number of nitrogens with zero attached hydrogens (tertiary/aromatic N) is 3. The average molecular weight is 653 g/mol. The number of anilines is 1. The Bertz CT molecular complexity index is 1870. The smallest absolute Gasteiger partial charge is 0.416 e. The molecule has 0 spiro atoms. The Kier molecular flexibility index (Phi) is 7.85. The van der Waals surface area contributed by atoms with Gasteiger partial charge in [-0.25, -0.2) is 21.6 Å². The van der Waals surface area contributed by atoms with Crippen LogP contribution in [0.15, 0.2) is 65.1 Å². The summed E-state index contributed by atoms with van der Waals surface area (Å²) >= 11 is 0. The number of nitrogens with two attached hydrogens (primary N) is 1. The van der Waals surface area contributed by atoms with Crippen molar-refractivity contribution in [1.82, 2.24) is 10.2 Å². The maximum absolute atomic E-state index is 15.3. The van der Waals surface area contributed by atoms with Crippen molar-refractivity contribution in [1.29, 1.82) is 0 Å². The molecule has 0 saturated carbocycles. The largest absolute Gasteiger partial charge is 0.419 e. The third-order valence-electron chi connectivity index (χ3n) is 7.77. The average Bonchev–Trinajstić information content (AvgIpc) is 3.43. The van der Waals surface area contributed by atoms with Crippen LogP contribution in [0.3, 0.4) is 0 Å². The summed E-state index contributed by atoms with van der Waals surface area (Å²) < 4.78 is 113. The van der Waals surface area contributed by atoms with E-state index in [1.807, 2.05) is 0 Å². The summed E-state index contributed by atoms with van der Waals surface area (Å²) in [7, 11) is -3.76. The summed E-state index contributed by atoms with van der Waals surface area (Å²) in [6.07, 6.45) is -4.63. The third kappa shape index (κ3) is 6.06. The zero-order chi connectivity index (χ0) is 33.1. The summed E-state index contributed by atoms with van der Waals surface area (Å²) in [5.74, 6) is -6.61. The number of rotatable bonds is 6. The molecule has 238 valence electrons. The molecule has 0 saturated heterocycles. The second-order valence-corrected chi connectivity index (χ2v) is 13.8. The van der Waals surface area contributed by atoms with Crippen molar-refractivity contribution in [2.45, 2.75) is 49.7 Å². The molecule has 8 nitrogen and oxygen atoms in total. The van der Waals surface area contributed by atoms with Crippen molar-refractivity contribution in [3.8, 4) is 22.6 Å². The van der Waals surface area contributed by atoms with Gasteiger partial charge in [-0.15, -0.1) is 10.2 Å². The minimum atomic E-state index is -4.49. The Hall–Kier alpha value is -4.24. The lowest BCUT2D eigenvalue weighted by molar-refractivity contribution is -0.137. The molecule has 1 aliphatic heterocycles. The van der Waals surface area contributed by atoms with E-state index in [0.29, 0.717) is 22.8 Å². The Morgan fingerprint density at radius 1 is 1.00 bits per heavy atom. The SMILES string of the molecule is CC(C)(c1nnc(-c2cc3c(cc2F)C(F)(F)C[C@H](N)C(=O)N3Cc2ccc(-c3ccc(C(F)(F)F)cc3)cc2)o1)S(C)(=O)=O. The second kappa shape index (κ2) is 11.0. The van der Waals surface area contributed by atoms with Gasteiger partial charge in [0.15, 0.2) is 9.84 Å². The maximum Gasteiger partial charge on any atom is 0.416 e. The van der Waals surface area contributed by atoms with Crippen LogP contribution in [0.4, 0.5) is 32.0 Å². The molecule has 2 N–H and O–H groups in total. The number of hydrogen-bond donors (Lipinski definition) is 1. The lowest BCUT2D eigenvalue weighted by atomic mass is 9.99. The van der Waals surface area contributed by atoms with Gasteiger partial charge in [0.2, 0.25) is 11.8 Å². The molecule has 1 atom stereocenters. The molecule has 0 aliphatic carbocycles. The molecule has 4 aromatic rings. The molecule has 15 heteroatoms. The molecule has 3 aromatic carbocycles. The first kappa shape index (κ1) is 32.2. The summed E-state index contributed by atoms with van der Waals surface area (Å²) in [6.45, 7) is 2.33. The number of aromatic nitrogens is 2. The van der Waals surface area contributed by atoms with Crippen LogP contribution in [0.2, 0.25) is 0 Å². The van der Waals surface area contributed by atoms with Gasteiger partial charge in [0.05, 0.1) is 29.4 Å². The number of carbonyl (C=O) groups excluding carboxylic acids is 1. The van der Waals surface area contributed by atoms with Gasteiger partial charge in [-0.05, 0) is 54.8 Å². The Balaban J connectivity index is 1.53. The zero-order valence-electron chi connectivity index (χ0n) is 24.0. The minimum absolute atomic E-state index is 0.274. The zero-order valence-corrected chi connectivity index (χ0v) is 24.8. The van der Waals surface area contributed by atoms with Crippen molar-refractivity contribution in [3.05, 3.63) is 89.1 Å². The monoisotopic (exact) mass is 652 g/mol. The molecule has 0 fully saturated rings. The number of amides is 1. The molecule has 1 aliphatic rings. The van der Waals surface area contributed by atoms with Gasteiger partial charge in [0, 0.05) is 18.2 Å². The lowest BCUT2D eigenvalue weighted by Gasteiger charge is -2.25. The first-order valence-electron chi connectivity index (χ1n) is 13.4. The van der Waals surface area contributed by atoms with E-state index in [1.54, 1.807) is 24.3 Å². The minimum Gasteiger partial charge on any atom is -0.419 e. The van der Waals surface area contributed by atoms with Crippen LogP contribution in [-0.4, -0.2) is 36.8 Å². The van der Waals surface area contributed by atoms with E-state index in [-0.39, 0.29) is 18.1 Å². The summed E-state index contributed by atoms with van der Waals surface area (Å²) in [4.78, 5) is 14.3. The van der Waals surface area contributed by atoms with E-state index in [0.717, 1.165) is 29.4 Å². The normalized spacial score (nSPS) is 17.2. The fraction of sp³-hybridized carbons (Fsp3) is 0.300. The number of alkyl halides is 5. The van der Waals surface area contributed by atoms with Gasteiger partial charge in [0.1, 0.15) is 10.6 Å². The standard InChI is InChI=1S/C30H26F6N4O4S/c1-28(2,45(3,42)43)27-39-38-25(44-27)20-12-24-21(13-22(20)31)29(32,33)14-23(37)26(41)40(24)15-16-4-6-17(7-5-16)18-8-10-19(11-9-18)30(34,35)36/h4-13,23H,14-15,37H2,1-3H3/t23-/m0/s1. The van der Waals surface area contributed by atoms with E-state index < -0.39 is 73.5 Å². The number of fused-ring (bicyclic) bond motifs is 1. The van der Waals surface area contributed by atoms with E-state index in [4.69, 9.17) is 10.2 Å². The molecular weight excluding hydrogens is 626 g/mol. The van der Waals surface area contributed by atoms with Gasteiger partial charge in [0.25, 0.3) is 11.8 Å². The number of sulfone groups is 1. The molecule has 1 aromatic heterocycles. The molecule has 0 unspecified atom stereocenters. The van der Waals surface area contributed by atoms with Crippen LogP contribution in [0, 0.1) is 5.82 Å². The lowest BCUT2D eigenvalue weighted by Crippen LogP contribution is -2.43. The number of halogens is 6. The van der Waals surface area contributed by atoms with Crippen LogP contribution in [0.25, 0.3) is 22.6 Å². The Morgan fingerprint density at radius 2 is 1.58 bits per heavy atom. The number of benzene rings is 3. The first-order chi connectivity index (χ1) is 20.8. The summed E-state index contributed by atoms with van der Waals surface area (Å²) in [6, 6.07) is 10.7. The molecular formula is C30H26F6N4O4S. The van der Waals surface area contributed by atoms with Crippen LogP contribution < -0.4 is 10.6 Å². The molecule has 45 heavy (non-hydrogen) atoms. The Labute approximate surface area is 253 Å². The summed E-state index contributed by atoms with van der Waals surface area (Å²) in [5, 5.41) is 7.46. The van der Waals surface area contributed by atoms with Crippen molar-refractivity contribution in [3.63, 3.8) is 0 Å². The number of hydrogen-bond acceptors (Lipinski definition) is 7. The van der Waals surface area contributed by atoms with Crippen LogP contribution in [-0.2, 0) is 38.0 Å². The topological polar surface area (TPSA) is 119 Å². The van der Waals surface area contributed by atoms with Gasteiger partial charge in [-0.2, -0.15) is 13.2 Å². The summed E-state index contributed by atoms with van der Waals surface area (Å²) in [5.41, 5.74) is 4.93. The van der Waals surface area contributed by atoms with Gasteiger partial charge >= 0.3 is 6.18 Å². The fourth-order valence-corrected chi connectivity index (χ4v) is 5.17. The van der Waals surface area contributed by atoms with Crippen molar-refractivity contribution >= 4 is 21.4 Å². The second-order valence-electron chi connectivity index (χ2n) is 11.3. The highest BCUT2D eigenvalue weighted by Crippen LogP contribution is 2.45. The van der Waals surface area contributed by atoms with Crippen LogP contribution in [0.1, 0.15) is 42.8 Å². The maximum atomic E-state index is 15.3. The highest BCUT2D eigenvalue weighted by Gasteiger charge is 2.45. The molecule has 0 radical (unpaired) electrons. The third-order valence-corrected chi connectivity index (χ3v) is 9.80. The highest BCUT2D eigenvalue weighted by atomic mass is 32.2. The molecule has 1 amide bonds. The van der Waals surface area contributed by atoms with Crippen molar-refractivity contribution in [2.75, 3.05) is 11.2 Å². The molecule has 0 bridgehead atoms. The van der Waals surface area contributed by atoms with E-state index in [1.165, 1.54) is 26.0 Å². The quantitative estimate of drug-likeness (QED) is 0.247. The highest BCUT2D eigenvalue weighted by molar-refractivity contribution is 7.91. The van der Waals surface area contributed by atoms with Crippen molar-refractivity contribution < 1.29 is 44.0 Å². The fourth-order valence-electron chi connectivity index (χ4n) is 4.77. The first-order valence-corrected chi connectivity index (χ1v) is 15.3. The number of carbonyl (C=O) groups is 1. The molecule has 2 heterocycles. The predicted octanol–water partition coefficient (Wildman–Crippen LogP) is 6.20. The molecule has 5 rings (SSSR count). The van der Waals surface area contributed by atoms with Gasteiger partial charge < -0.3 is 15.1 Å².